The lowest BCUT2D eigenvalue weighted by Crippen LogP contribution is -2.15. The summed E-state index contributed by atoms with van der Waals surface area (Å²) in [7, 11) is 0. The van der Waals surface area contributed by atoms with Crippen LogP contribution >= 0.6 is 0 Å². The van der Waals surface area contributed by atoms with Crippen LogP contribution in [0.15, 0.2) is 10.6 Å². The maximum Gasteiger partial charge on any atom is 0.343 e. The van der Waals surface area contributed by atoms with Crippen LogP contribution < -0.4 is 0 Å². The molecule has 0 amide bonds. The molecule has 0 aromatic heterocycles. The highest BCUT2D eigenvalue weighted by Crippen LogP contribution is 2.31. The molecule has 1 aromatic carbocycles. The molecule has 4 nitrogen and oxygen atoms in total. The van der Waals surface area contributed by atoms with Gasteiger partial charge in [-0.05, 0) is 26.2 Å². The van der Waals surface area contributed by atoms with Gasteiger partial charge in [-0.3, -0.25) is 4.99 Å². The van der Waals surface area contributed by atoms with E-state index in [9.17, 15) is 27.5 Å². The van der Waals surface area contributed by atoms with Gasteiger partial charge in [-0.15, -0.1) is 0 Å². The summed E-state index contributed by atoms with van der Waals surface area (Å²) in [5.74, 6) is -9.53. The van der Waals surface area contributed by atoms with Crippen LogP contribution in [0.1, 0.15) is 37.8 Å². The number of esters is 1. The molecule has 1 saturated carbocycles. The maximum atomic E-state index is 14.2. The molecule has 1 aliphatic rings. The molecule has 1 fully saturated rings. The summed E-state index contributed by atoms with van der Waals surface area (Å²) in [6.07, 6.45) is 2.34. The van der Waals surface area contributed by atoms with Crippen molar-refractivity contribution in [3.8, 4) is 0 Å². The van der Waals surface area contributed by atoms with E-state index < -0.39 is 51.7 Å². The summed E-state index contributed by atoms with van der Waals surface area (Å²) in [5.41, 5.74) is -2.05. The molecule has 1 aromatic rings. The van der Waals surface area contributed by atoms with E-state index in [4.69, 9.17) is 4.74 Å². The average molecular weight is 359 g/mol. The average Bonchev–Trinajstić information content (AvgIpc) is 3.40. The molecule has 0 aliphatic heterocycles. The first-order valence-corrected chi connectivity index (χ1v) is 7.82. The van der Waals surface area contributed by atoms with Crippen molar-refractivity contribution in [1.82, 2.24) is 0 Å². The van der Waals surface area contributed by atoms with Gasteiger partial charge in [0.2, 0.25) is 0 Å². The lowest BCUT2D eigenvalue weighted by molar-refractivity contribution is -0.137. The first kappa shape index (κ1) is 19.0. The summed E-state index contributed by atoms with van der Waals surface area (Å²) in [6, 6.07) is -0.0330. The first-order valence-electron chi connectivity index (χ1n) is 7.82. The molecule has 0 bridgehead atoms. The predicted molar refractivity (Wildman–Crippen MR) is 83.3 cm³/mol. The Bertz CT molecular complexity index is 755. The molecule has 25 heavy (non-hydrogen) atoms. The second-order valence-corrected chi connectivity index (χ2v) is 5.46. The normalized spacial score (nSPS) is 15.4. The fraction of sp³-hybridized carbons (Fsp3) is 0.412. The van der Waals surface area contributed by atoms with E-state index in [1.165, 1.54) is 13.8 Å². The third-order valence-electron chi connectivity index (χ3n) is 3.67. The second kappa shape index (κ2) is 7.67. The van der Waals surface area contributed by atoms with Gasteiger partial charge in [-0.1, -0.05) is 6.92 Å². The summed E-state index contributed by atoms with van der Waals surface area (Å²) >= 11 is 0. The fourth-order valence-electron chi connectivity index (χ4n) is 2.21. The topological polar surface area (TPSA) is 58.9 Å². The van der Waals surface area contributed by atoms with Crippen molar-refractivity contribution in [3.63, 3.8) is 0 Å². The lowest BCUT2D eigenvalue weighted by atomic mass is 9.98. The molecular formula is C17H17F4NO3. The zero-order valence-corrected chi connectivity index (χ0v) is 13.7. The van der Waals surface area contributed by atoms with Gasteiger partial charge in [0.1, 0.15) is 11.3 Å². The second-order valence-electron chi connectivity index (χ2n) is 5.46. The molecule has 0 radical (unpaired) electrons. The van der Waals surface area contributed by atoms with Gasteiger partial charge in [0, 0.05) is 11.8 Å². The number of halogens is 4. The Morgan fingerprint density at radius 1 is 1.16 bits per heavy atom. The van der Waals surface area contributed by atoms with Crippen molar-refractivity contribution in [2.45, 2.75) is 39.2 Å². The van der Waals surface area contributed by atoms with Crippen molar-refractivity contribution in [3.05, 3.63) is 40.0 Å². The Hall–Kier alpha value is -2.38. The minimum Gasteiger partial charge on any atom is -0.506 e. The van der Waals surface area contributed by atoms with Crippen molar-refractivity contribution in [1.29, 1.82) is 0 Å². The Morgan fingerprint density at radius 3 is 2.28 bits per heavy atom. The maximum absolute atomic E-state index is 14.2. The number of benzene rings is 1. The molecule has 1 N–H and O–H groups in total. The van der Waals surface area contributed by atoms with Crippen LogP contribution in [-0.4, -0.2) is 29.9 Å². The number of aliphatic hydroxyl groups excluding tert-OH is 1. The van der Waals surface area contributed by atoms with Crippen LogP contribution in [0.4, 0.5) is 17.6 Å². The van der Waals surface area contributed by atoms with Crippen molar-refractivity contribution in [2.75, 3.05) is 6.61 Å². The molecule has 2 rings (SSSR count). The number of nitrogens with zero attached hydrogens (tertiary/aromatic N) is 1. The minimum atomic E-state index is -2.07. The number of ether oxygens (including phenoxy) is 1. The van der Waals surface area contributed by atoms with Gasteiger partial charge in [0.05, 0.1) is 18.2 Å². The van der Waals surface area contributed by atoms with Crippen LogP contribution in [0, 0.1) is 23.3 Å². The molecule has 0 heterocycles. The smallest absolute Gasteiger partial charge is 0.343 e. The molecular weight excluding hydrogens is 342 g/mol. The van der Waals surface area contributed by atoms with Gasteiger partial charge >= 0.3 is 5.97 Å². The number of hydrogen-bond acceptors (Lipinski definition) is 4. The summed E-state index contributed by atoms with van der Waals surface area (Å²) < 4.78 is 59.9. The number of carbonyl (C=O) groups is 1. The third-order valence-corrected chi connectivity index (χ3v) is 3.67. The first-order chi connectivity index (χ1) is 11.8. The van der Waals surface area contributed by atoms with E-state index in [1.54, 1.807) is 0 Å². The summed E-state index contributed by atoms with van der Waals surface area (Å²) in [4.78, 5) is 16.0. The van der Waals surface area contributed by atoms with Gasteiger partial charge in [0.25, 0.3) is 0 Å². The highest BCUT2D eigenvalue weighted by Gasteiger charge is 2.29. The van der Waals surface area contributed by atoms with E-state index in [0.29, 0.717) is 0 Å². The molecule has 1 aliphatic carbocycles. The molecule has 0 spiro atoms. The number of rotatable bonds is 6. The van der Waals surface area contributed by atoms with Crippen LogP contribution in [0.25, 0.3) is 5.76 Å². The van der Waals surface area contributed by atoms with Crippen molar-refractivity contribution >= 4 is 17.9 Å². The van der Waals surface area contributed by atoms with Gasteiger partial charge in [-0.2, -0.15) is 0 Å². The van der Waals surface area contributed by atoms with Crippen molar-refractivity contribution in [2.24, 2.45) is 4.99 Å². The number of aliphatic hydroxyl groups is 1. The quantitative estimate of drug-likeness (QED) is 0.160. The molecule has 136 valence electrons. The standard InChI is InChI=1S/C17H17F4NO3/c1-3-9-11(13(19)15(21)14(20)12(9)18)16(23)10(17(24)25-4-2)7-22-8-5-6-8/h7-8,23H,3-6H2,1-2H3/b16-10+,22-7?. The van der Waals surface area contributed by atoms with E-state index >= 15 is 0 Å². The van der Waals surface area contributed by atoms with Gasteiger partial charge < -0.3 is 9.84 Å². The number of carbonyl (C=O) groups excluding carboxylic acids is 1. The third kappa shape index (κ3) is 3.83. The molecule has 0 unspecified atom stereocenters. The zero-order chi connectivity index (χ0) is 18.7. The lowest BCUT2D eigenvalue weighted by Gasteiger charge is -2.13. The van der Waals surface area contributed by atoms with Gasteiger partial charge in [-0.25, -0.2) is 22.4 Å². The van der Waals surface area contributed by atoms with E-state index in [2.05, 4.69) is 4.99 Å². The fourth-order valence-corrected chi connectivity index (χ4v) is 2.21. The van der Waals surface area contributed by atoms with Crippen LogP contribution in [-0.2, 0) is 16.0 Å². The predicted octanol–water partition coefficient (Wildman–Crippen LogP) is 3.87. The Kier molecular flexibility index (Phi) is 5.81. The van der Waals surface area contributed by atoms with Crippen LogP contribution in [0.5, 0.6) is 0 Å². The molecule has 0 atom stereocenters. The monoisotopic (exact) mass is 359 g/mol. The number of aliphatic imine (C=N–C) groups is 1. The van der Waals surface area contributed by atoms with E-state index in [0.717, 1.165) is 19.1 Å². The summed E-state index contributed by atoms with van der Waals surface area (Å²) in [6.45, 7) is 2.84. The van der Waals surface area contributed by atoms with Crippen LogP contribution in [0.2, 0.25) is 0 Å². The Morgan fingerprint density at radius 2 is 1.76 bits per heavy atom. The minimum absolute atomic E-state index is 0.0330. The zero-order valence-electron chi connectivity index (χ0n) is 13.7. The molecule has 0 saturated heterocycles. The SMILES string of the molecule is CCOC(=O)/C(C=NC1CC1)=C(/O)c1c(F)c(F)c(F)c(F)c1CC. The largest absolute Gasteiger partial charge is 0.506 e. The van der Waals surface area contributed by atoms with E-state index in [1.807, 2.05) is 0 Å². The highest BCUT2D eigenvalue weighted by molar-refractivity contribution is 6.15. The number of hydrogen-bond donors (Lipinski definition) is 1. The Balaban J connectivity index is 2.69. The molecule has 8 heteroatoms. The highest BCUT2D eigenvalue weighted by atomic mass is 19.2. The Labute approximate surface area is 141 Å². The van der Waals surface area contributed by atoms with Gasteiger partial charge in [0.15, 0.2) is 23.3 Å². The van der Waals surface area contributed by atoms with Crippen LogP contribution in [0.3, 0.4) is 0 Å². The van der Waals surface area contributed by atoms with E-state index in [-0.39, 0.29) is 19.1 Å². The summed E-state index contributed by atoms with van der Waals surface area (Å²) in [5, 5.41) is 10.3. The van der Waals surface area contributed by atoms with Crippen molar-refractivity contribution < 1.29 is 32.2 Å².